The van der Waals surface area contributed by atoms with Gasteiger partial charge in [-0.2, -0.15) is 0 Å². The molecule has 2 aromatic carbocycles. The Kier molecular flexibility index (Phi) is 5.44. The van der Waals surface area contributed by atoms with Gasteiger partial charge in [0.15, 0.2) is 5.78 Å². The molecule has 0 atom stereocenters. The normalized spacial score (nSPS) is 10.2. The average Bonchev–Trinajstić information content (AvgIpc) is 2.48. The van der Waals surface area contributed by atoms with Crippen LogP contribution in [0.5, 0.6) is 0 Å². The molecular formula is C16H13FINO2. The summed E-state index contributed by atoms with van der Waals surface area (Å²) >= 11 is 2.18. The van der Waals surface area contributed by atoms with Crippen LogP contribution in [0, 0.1) is 9.39 Å². The first-order chi connectivity index (χ1) is 10.0. The molecule has 5 heteroatoms. The molecule has 21 heavy (non-hydrogen) atoms. The zero-order valence-corrected chi connectivity index (χ0v) is 13.3. The molecule has 0 aliphatic carbocycles. The summed E-state index contributed by atoms with van der Waals surface area (Å²) in [6, 6.07) is 12.7. The van der Waals surface area contributed by atoms with Crippen molar-refractivity contribution in [1.29, 1.82) is 0 Å². The van der Waals surface area contributed by atoms with Crippen molar-refractivity contribution in [3.05, 3.63) is 63.5 Å². The second kappa shape index (κ2) is 7.31. The first kappa shape index (κ1) is 15.6. The van der Waals surface area contributed by atoms with Crippen molar-refractivity contribution in [2.24, 2.45) is 0 Å². The van der Waals surface area contributed by atoms with Crippen molar-refractivity contribution in [2.45, 2.75) is 12.8 Å². The van der Waals surface area contributed by atoms with Gasteiger partial charge in [0.1, 0.15) is 5.82 Å². The number of amides is 1. The van der Waals surface area contributed by atoms with Crippen LogP contribution in [0.25, 0.3) is 0 Å². The highest BCUT2D eigenvalue weighted by Gasteiger charge is 2.09. The molecule has 2 aromatic rings. The van der Waals surface area contributed by atoms with E-state index in [4.69, 9.17) is 0 Å². The van der Waals surface area contributed by atoms with Crippen LogP contribution in [0.2, 0.25) is 0 Å². The molecule has 108 valence electrons. The van der Waals surface area contributed by atoms with Crippen molar-refractivity contribution in [3.63, 3.8) is 0 Å². The standard InChI is InChI=1S/C16H13FINO2/c17-12-3-1-11(2-4-12)15(20)9-10-16(21)19-14-7-5-13(18)6-8-14/h1-8H,9-10H2,(H,19,21). The van der Waals surface area contributed by atoms with Crippen molar-refractivity contribution in [3.8, 4) is 0 Å². The van der Waals surface area contributed by atoms with E-state index in [1.807, 2.05) is 24.3 Å². The summed E-state index contributed by atoms with van der Waals surface area (Å²) in [7, 11) is 0. The highest BCUT2D eigenvalue weighted by molar-refractivity contribution is 14.1. The third-order valence-corrected chi connectivity index (χ3v) is 3.59. The van der Waals surface area contributed by atoms with Gasteiger partial charge in [-0.1, -0.05) is 0 Å². The fraction of sp³-hybridized carbons (Fsp3) is 0.125. The fourth-order valence-corrected chi connectivity index (χ4v) is 2.12. The Balaban J connectivity index is 1.84. The molecule has 0 saturated carbocycles. The maximum atomic E-state index is 12.8. The zero-order chi connectivity index (χ0) is 15.2. The van der Waals surface area contributed by atoms with Gasteiger partial charge in [-0.05, 0) is 71.1 Å². The van der Waals surface area contributed by atoms with Crippen LogP contribution in [0.1, 0.15) is 23.2 Å². The number of benzene rings is 2. The van der Waals surface area contributed by atoms with Gasteiger partial charge in [0.05, 0.1) is 0 Å². The molecule has 0 saturated heterocycles. The van der Waals surface area contributed by atoms with Crippen LogP contribution in [0.4, 0.5) is 10.1 Å². The topological polar surface area (TPSA) is 46.2 Å². The molecule has 1 N–H and O–H groups in total. The summed E-state index contributed by atoms with van der Waals surface area (Å²) < 4.78 is 13.8. The largest absolute Gasteiger partial charge is 0.326 e. The van der Waals surface area contributed by atoms with Gasteiger partial charge >= 0.3 is 0 Å². The third-order valence-electron chi connectivity index (χ3n) is 2.87. The second-order valence-corrected chi connectivity index (χ2v) is 5.73. The molecule has 1 amide bonds. The van der Waals surface area contributed by atoms with Gasteiger partial charge in [0.25, 0.3) is 0 Å². The van der Waals surface area contributed by atoms with Crippen LogP contribution in [0.3, 0.4) is 0 Å². The zero-order valence-electron chi connectivity index (χ0n) is 11.1. The Bertz CT molecular complexity index is 638. The lowest BCUT2D eigenvalue weighted by molar-refractivity contribution is -0.116. The van der Waals surface area contributed by atoms with Crippen molar-refractivity contribution in [1.82, 2.24) is 0 Å². The molecule has 2 rings (SSSR count). The molecule has 0 heterocycles. The summed E-state index contributed by atoms with van der Waals surface area (Å²) in [5.74, 6) is -0.776. The number of carbonyl (C=O) groups excluding carboxylic acids is 2. The van der Waals surface area contributed by atoms with E-state index >= 15 is 0 Å². The predicted octanol–water partition coefficient (Wildman–Crippen LogP) is 4.03. The Morgan fingerprint density at radius 2 is 1.57 bits per heavy atom. The van der Waals surface area contributed by atoms with Gasteiger partial charge in [-0.25, -0.2) is 4.39 Å². The molecule has 0 aliphatic rings. The first-order valence-electron chi connectivity index (χ1n) is 6.39. The minimum atomic E-state index is -0.386. The minimum Gasteiger partial charge on any atom is -0.326 e. The van der Waals surface area contributed by atoms with Crippen LogP contribution in [0.15, 0.2) is 48.5 Å². The highest BCUT2D eigenvalue weighted by Crippen LogP contribution is 2.12. The number of nitrogens with one attached hydrogen (secondary N) is 1. The van der Waals surface area contributed by atoms with E-state index < -0.39 is 0 Å². The number of hydrogen-bond acceptors (Lipinski definition) is 2. The van der Waals surface area contributed by atoms with Gasteiger partial charge in [-0.3, -0.25) is 9.59 Å². The third kappa shape index (κ3) is 4.93. The summed E-state index contributed by atoms with van der Waals surface area (Å²) in [4.78, 5) is 23.6. The van der Waals surface area contributed by atoms with E-state index in [1.165, 1.54) is 24.3 Å². The van der Waals surface area contributed by atoms with Gasteiger partial charge in [0, 0.05) is 27.7 Å². The molecule has 0 aromatic heterocycles. The van der Waals surface area contributed by atoms with E-state index in [1.54, 1.807) is 0 Å². The molecular weight excluding hydrogens is 384 g/mol. The van der Waals surface area contributed by atoms with E-state index in [0.29, 0.717) is 11.3 Å². The second-order valence-electron chi connectivity index (χ2n) is 4.49. The first-order valence-corrected chi connectivity index (χ1v) is 7.46. The molecule has 0 radical (unpaired) electrons. The lowest BCUT2D eigenvalue weighted by Gasteiger charge is -2.05. The van der Waals surface area contributed by atoms with Crippen LogP contribution in [-0.4, -0.2) is 11.7 Å². The van der Waals surface area contributed by atoms with Crippen LogP contribution < -0.4 is 5.32 Å². The van der Waals surface area contributed by atoms with Crippen LogP contribution in [-0.2, 0) is 4.79 Å². The van der Waals surface area contributed by atoms with E-state index in [-0.39, 0.29) is 30.3 Å². The SMILES string of the molecule is O=C(CCC(=O)c1ccc(F)cc1)Nc1ccc(I)cc1. The average molecular weight is 397 g/mol. The Labute approximate surface area is 135 Å². The number of hydrogen-bond donors (Lipinski definition) is 1. The van der Waals surface area contributed by atoms with Gasteiger partial charge in [-0.15, -0.1) is 0 Å². The predicted molar refractivity (Wildman–Crippen MR) is 87.8 cm³/mol. The molecule has 0 bridgehead atoms. The monoisotopic (exact) mass is 397 g/mol. The Morgan fingerprint density at radius 3 is 2.19 bits per heavy atom. The summed E-state index contributed by atoms with van der Waals surface area (Å²) in [6.07, 6.45) is 0.198. The van der Waals surface area contributed by atoms with Crippen molar-refractivity contribution in [2.75, 3.05) is 5.32 Å². The van der Waals surface area contributed by atoms with Crippen molar-refractivity contribution < 1.29 is 14.0 Å². The Hall–Kier alpha value is -1.76. The maximum absolute atomic E-state index is 12.8. The molecule has 0 fully saturated rings. The molecule has 0 spiro atoms. The fourth-order valence-electron chi connectivity index (χ4n) is 1.76. The van der Waals surface area contributed by atoms with Crippen LogP contribution >= 0.6 is 22.6 Å². The highest BCUT2D eigenvalue weighted by atomic mass is 127. The summed E-state index contributed by atoms with van der Waals surface area (Å²) in [5, 5.41) is 2.73. The quantitative estimate of drug-likeness (QED) is 0.612. The number of carbonyl (C=O) groups is 2. The molecule has 3 nitrogen and oxygen atoms in total. The maximum Gasteiger partial charge on any atom is 0.224 e. The van der Waals surface area contributed by atoms with Crippen molar-refractivity contribution >= 4 is 40.0 Å². The molecule has 0 aliphatic heterocycles. The number of halogens is 2. The Morgan fingerprint density at radius 1 is 0.952 bits per heavy atom. The number of ketones is 1. The minimum absolute atomic E-state index is 0.0990. The molecule has 0 unspecified atom stereocenters. The number of rotatable bonds is 5. The van der Waals surface area contributed by atoms with E-state index in [0.717, 1.165) is 3.57 Å². The van der Waals surface area contributed by atoms with Gasteiger partial charge < -0.3 is 5.32 Å². The lowest BCUT2D eigenvalue weighted by Crippen LogP contribution is -2.13. The van der Waals surface area contributed by atoms with E-state index in [9.17, 15) is 14.0 Å². The summed E-state index contributed by atoms with van der Waals surface area (Å²) in [6.45, 7) is 0. The smallest absolute Gasteiger partial charge is 0.224 e. The summed E-state index contributed by atoms with van der Waals surface area (Å²) in [5.41, 5.74) is 1.12. The van der Waals surface area contributed by atoms with E-state index in [2.05, 4.69) is 27.9 Å². The number of anilines is 1. The lowest BCUT2D eigenvalue weighted by atomic mass is 10.1. The van der Waals surface area contributed by atoms with Gasteiger partial charge in [0.2, 0.25) is 5.91 Å². The number of Topliss-reactive ketones (excluding diaryl/α,β-unsaturated/α-hetero) is 1.